The SMILES string of the molecule is COc1ccc(NC(=O)c2ccc3nc(Cc4ccccc4)oc3c2)c(OC)c1. The van der Waals surface area contributed by atoms with Crippen molar-refractivity contribution in [3.05, 3.63) is 83.7 Å². The van der Waals surface area contributed by atoms with Crippen LogP contribution in [0.25, 0.3) is 11.1 Å². The molecule has 0 fully saturated rings. The molecule has 0 bridgehead atoms. The van der Waals surface area contributed by atoms with Gasteiger partial charge in [0.25, 0.3) is 5.91 Å². The Hall–Kier alpha value is -3.80. The highest BCUT2D eigenvalue weighted by Crippen LogP contribution is 2.29. The molecule has 0 aliphatic rings. The lowest BCUT2D eigenvalue weighted by atomic mass is 10.1. The van der Waals surface area contributed by atoms with E-state index in [-0.39, 0.29) is 5.91 Å². The number of fused-ring (bicyclic) bond motifs is 1. The van der Waals surface area contributed by atoms with Gasteiger partial charge in [-0.2, -0.15) is 0 Å². The van der Waals surface area contributed by atoms with Gasteiger partial charge in [0.2, 0.25) is 0 Å². The lowest BCUT2D eigenvalue weighted by Gasteiger charge is -2.11. The van der Waals surface area contributed by atoms with Crippen LogP contribution >= 0.6 is 0 Å². The van der Waals surface area contributed by atoms with Crippen molar-refractivity contribution in [1.82, 2.24) is 4.98 Å². The standard InChI is InChI=1S/C23H20N2O4/c1-27-17-9-11-18(20(14-17)28-2)25-23(26)16-8-10-19-21(13-16)29-22(24-19)12-15-6-4-3-5-7-15/h3-11,13-14H,12H2,1-2H3,(H,25,26). The van der Waals surface area contributed by atoms with Crippen LogP contribution in [-0.4, -0.2) is 25.1 Å². The van der Waals surface area contributed by atoms with Gasteiger partial charge in [-0.1, -0.05) is 30.3 Å². The zero-order valence-corrected chi connectivity index (χ0v) is 16.1. The second-order valence-electron chi connectivity index (χ2n) is 6.47. The molecule has 1 N–H and O–H groups in total. The summed E-state index contributed by atoms with van der Waals surface area (Å²) in [5.74, 6) is 1.51. The van der Waals surface area contributed by atoms with Gasteiger partial charge >= 0.3 is 0 Å². The summed E-state index contributed by atoms with van der Waals surface area (Å²) in [7, 11) is 3.12. The van der Waals surface area contributed by atoms with Crippen molar-refractivity contribution in [2.75, 3.05) is 19.5 Å². The molecule has 3 aromatic carbocycles. The first kappa shape index (κ1) is 18.6. The molecule has 6 heteroatoms. The fourth-order valence-corrected chi connectivity index (χ4v) is 3.06. The van der Waals surface area contributed by atoms with Gasteiger partial charge in [0, 0.05) is 18.1 Å². The predicted octanol–water partition coefficient (Wildman–Crippen LogP) is 4.69. The Morgan fingerprint density at radius 3 is 2.59 bits per heavy atom. The van der Waals surface area contributed by atoms with E-state index in [9.17, 15) is 4.79 Å². The van der Waals surface area contributed by atoms with Gasteiger partial charge in [-0.3, -0.25) is 4.79 Å². The summed E-state index contributed by atoms with van der Waals surface area (Å²) in [5.41, 5.74) is 3.43. The second-order valence-corrected chi connectivity index (χ2v) is 6.47. The molecule has 1 heterocycles. The molecular weight excluding hydrogens is 368 g/mol. The molecule has 1 amide bonds. The minimum atomic E-state index is -0.267. The third-order valence-corrected chi connectivity index (χ3v) is 4.55. The summed E-state index contributed by atoms with van der Waals surface area (Å²) < 4.78 is 16.4. The molecule has 146 valence electrons. The molecule has 29 heavy (non-hydrogen) atoms. The Morgan fingerprint density at radius 2 is 1.83 bits per heavy atom. The Kier molecular flexibility index (Phi) is 5.16. The number of amides is 1. The number of carbonyl (C=O) groups excluding carboxylic acids is 1. The highest BCUT2D eigenvalue weighted by molar-refractivity contribution is 6.06. The van der Waals surface area contributed by atoms with Crippen molar-refractivity contribution in [1.29, 1.82) is 0 Å². The number of benzene rings is 3. The third-order valence-electron chi connectivity index (χ3n) is 4.55. The van der Waals surface area contributed by atoms with Crippen molar-refractivity contribution < 1.29 is 18.7 Å². The average molecular weight is 388 g/mol. The van der Waals surface area contributed by atoms with Gasteiger partial charge < -0.3 is 19.2 Å². The number of anilines is 1. The number of oxazole rings is 1. The van der Waals surface area contributed by atoms with Crippen LogP contribution in [0.15, 0.2) is 71.1 Å². The summed E-state index contributed by atoms with van der Waals surface area (Å²) in [6.07, 6.45) is 0.597. The third kappa shape index (κ3) is 4.06. The normalized spacial score (nSPS) is 10.7. The summed E-state index contributed by atoms with van der Waals surface area (Å²) in [6, 6.07) is 20.4. The first-order valence-corrected chi connectivity index (χ1v) is 9.13. The zero-order chi connectivity index (χ0) is 20.2. The summed E-state index contributed by atoms with van der Waals surface area (Å²) in [6.45, 7) is 0. The molecule has 4 rings (SSSR count). The highest BCUT2D eigenvalue weighted by Gasteiger charge is 2.14. The van der Waals surface area contributed by atoms with Crippen molar-refractivity contribution in [2.45, 2.75) is 6.42 Å². The number of hydrogen-bond acceptors (Lipinski definition) is 5. The zero-order valence-electron chi connectivity index (χ0n) is 16.1. The minimum absolute atomic E-state index is 0.267. The van der Waals surface area contributed by atoms with E-state index in [0.717, 1.165) is 11.1 Å². The Labute approximate surface area is 168 Å². The van der Waals surface area contributed by atoms with E-state index in [0.29, 0.717) is 40.6 Å². The molecular formula is C23H20N2O4. The Balaban J connectivity index is 1.55. The van der Waals surface area contributed by atoms with Gasteiger partial charge in [0.05, 0.1) is 19.9 Å². The first-order valence-electron chi connectivity index (χ1n) is 9.13. The predicted molar refractivity (Wildman–Crippen MR) is 111 cm³/mol. The molecule has 0 radical (unpaired) electrons. The number of ether oxygens (including phenoxy) is 2. The Morgan fingerprint density at radius 1 is 1.00 bits per heavy atom. The molecule has 0 saturated heterocycles. The smallest absolute Gasteiger partial charge is 0.255 e. The number of nitrogens with one attached hydrogen (secondary N) is 1. The number of nitrogens with zero attached hydrogens (tertiary/aromatic N) is 1. The van der Waals surface area contributed by atoms with Crippen LogP contribution < -0.4 is 14.8 Å². The van der Waals surface area contributed by atoms with Gasteiger partial charge in [0.1, 0.15) is 17.0 Å². The van der Waals surface area contributed by atoms with Crippen LogP contribution in [-0.2, 0) is 6.42 Å². The molecule has 0 atom stereocenters. The van der Waals surface area contributed by atoms with Crippen LogP contribution in [0.4, 0.5) is 5.69 Å². The molecule has 0 saturated carbocycles. The molecule has 6 nitrogen and oxygen atoms in total. The molecule has 0 spiro atoms. The maximum absolute atomic E-state index is 12.7. The van der Waals surface area contributed by atoms with Crippen LogP contribution in [0.5, 0.6) is 11.5 Å². The monoisotopic (exact) mass is 388 g/mol. The van der Waals surface area contributed by atoms with Gasteiger partial charge in [-0.15, -0.1) is 0 Å². The van der Waals surface area contributed by atoms with Crippen molar-refractivity contribution >= 4 is 22.7 Å². The van der Waals surface area contributed by atoms with E-state index in [4.69, 9.17) is 13.9 Å². The van der Waals surface area contributed by atoms with Gasteiger partial charge in [-0.25, -0.2) is 4.98 Å². The lowest BCUT2D eigenvalue weighted by molar-refractivity contribution is 0.102. The molecule has 0 aliphatic heterocycles. The van der Waals surface area contributed by atoms with Gasteiger partial charge in [-0.05, 0) is 35.9 Å². The topological polar surface area (TPSA) is 73.6 Å². The summed E-state index contributed by atoms with van der Waals surface area (Å²) >= 11 is 0. The van der Waals surface area contributed by atoms with E-state index < -0.39 is 0 Å². The van der Waals surface area contributed by atoms with Crippen LogP contribution in [0.1, 0.15) is 21.8 Å². The van der Waals surface area contributed by atoms with Crippen LogP contribution in [0.2, 0.25) is 0 Å². The van der Waals surface area contributed by atoms with Crippen molar-refractivity contribution in [3.63, 3.8) is 0 Å². The van der Waals surface area contributed by atoms with E-state index in [1.165, 1.54) is 0 Å². The number of methoxy groups -OCH3 is 2. The Bertz CT molecular complexity index is 1150. The van der Waals surface area contributed by atoms with E-state index in [1.54, 1.807) is 50.6 Å². The summed E-state index contributed by atoms with van der Waals surface area (Å²) in [5, 5.41) is 2.86. The number of hydrogen-bond donors (Lipinski definition) is 1. The molecule has 0 aliphatic carbocycles. The number of carbonyl (C=O) groups is 1. The fourth-order valence-electron chi connectivity index (χ4n) is 3.06. The van der Waals surface area contributed by atoms with Crippen LogP contribution in [0, 0.1) is 0 Å². The van der Waals surface area contributed by atoms with Crippen molar-refractivity contribution in [3.8, 4) is 11.5 Å². The second kappa shape index (κ2) is 8.06. The minimum Gasteiger partial charge on any atom is -0.497 e. The molecule has 4 aromatic rings. The molecule has 0 unspecified atom stereocenters. The van der Waals surface area contributed by atoms with E-state index in [1.807, 2.05) is 30.3 Å². The largest absolute Gasteiger partial charge is 0.497 e. The summed E-state index contributed by atoms with van der Waals surface area (Å²) in [4.78, 5) is 17.2. The quantitative estimate of drug-likeness (QED) is 0.519. The molecule has 1 aromatic heterocycles. The number of rotatable bonds is 6. The average Bonchev–Trinajstić information content (AvgIpc) is 3.16. The lowest BCUT2D eigenvalue weighted by Crippen LogP contribution is -2.12. The van der Waals surface area contributed by atoms with Gasteiger partial charge in [0.15, 0.2) is 11.5 Å². The van der Waals surface area contributed by atoms with Crippen molar-refractivity contribution in [2.24, 2.45) is 0 Å². The first-order chi connectivity index (χ1) is 14.2. The van der Waals surface area contributed by atoms with Crippen LogP contribution in [0.3, 0.4) is 0 Å². The number of aromatic nitrogens is 1. The van der Waals surface area contributed by atoms with E-state index >= 15 is 0 Å². The maximum atomic E-state index is 12.7. The maximum Gasteiger partial charge on any atom is 0.255 e. The highest BCUT2D eigenvalue weighted by atomic mass is 16.5. The van der Waals surface area contributed by atoms with E-state index in [2.05, 4.69) is 10.3 Å². The fraction of sp³-hybridized carbons (Fsp3) is 0.130.